The topological polar surface area (TPSA) is 66.9 Å². The Bertz CT molecular complexity index is 920. The molecule has 0 unspecified atom stereocenters. The van der Waals surface area contributed by atoms with Gasteiger partial charge in [0.1, 0.15) is 17.8 Å². The standard InChI is InChI=1S/C21H22N4O/c1-14-7-9-17(10-8-14)12-22-20-11-19(23-13-24-20)21(26)25-18-6-4-5-15(2)16(18)3/h4-11,13H,12H2,1-3H3,(H,25,26)(H,22,23,24). The molecule has 2 N–H and O–H groups in total. The third kappa shape index (κ3) is 4.25. The highest BCUT2D eigenvalue weighted by atomic mass is 16.1. The van der Waals surface area contributed by atoms with Crippen molar-refractivity contribution >= 4 is 17.4 Å². The minimum Gasteiger partial charge on any atom is -0.366 e. The van der Waals surface area contributed by atoms with Crippen LogP contribution in [0.25, 0.3) is 0 Å². The Kier molecular flexibility index (Phi) is 5.27. The van der Waals surface area contributed by atoms with Crippen LogP contribution in [0.2, 0.25) is 0 Å². The van der Waals surface area contributed by atoms with Gasteiger partial charge in [0.15, 0.2) is 0 Å². The Morgan fingerprint density at radius 3 is 2.54 bits per heavy atom. The summed E-state index contributed by atoms with van der Waals surface area (Å²) in [5.74, 6) is 0.367. The van der Waals surface area contributed by atoms with Gasteiger partial charge in [-0.2, -0.15) is 0 Å². The fourth-order valence-electron chi connectivity index (χ4n) is 2.55. The van der Waals surface area contributed by atoms with Gasteiger partial charge >= 0.3 is 0 Å². The van der Waals surface area contributed by atoms with Crippen molar-refractivity contribution in [3.8, 4) is 0 Å². The van der Waals surface area contributed by atoms with Crippen molar-refractivity contribution in [3.63, 3.8) is 0 Å². The van der Waals surface area contributed by atoms with Crippen LogP contribution in [-0.4, -0.2) is 15.9 Å². The van der Waals surface area contributed by atoms with E-state index in [-0.39, 0.29) is 5.91 Å². The van der Waals surface area contributed by atoms with Gasteiger partial charge in [-0.15, -0.1) is 0 Å². The van der Waals surface area contributed by atoms with Gasteiger partial charge in [0.25, 0.3) is 5.91 Å². The number of rotatable bonds is 5. The maximum atomic E-state index is 12.5. The summed E-state index contributed by atoms with van der Waals surface area (Å²) in [6, 6.07) is 15.8. The van der Waals surface area contributed by atoms with E-state index in [4.69, 9.17) is 0 Å². The van der Waals surface area contributed by atoms with Crippen LogP contribution in [0.5, 0.6) is 0 Å². The van der Waals surface area contributed by atoms with Gasteiger partial charge in [0.2, 0.25) is 0 Å². The van der Waals surface area contributed by atoms with Crippen LogP contribution < -0.4 is 10.6 Å². The average molecular weight is 346 g/mol. The fourth-order valence-corrected chi connectivity index (χ4v) is 2.55. The monoisotopic (exact) mass is 346 g/mol. The molecule has 0 bridgehead atoms. The lowest BCUT2D eigenvalue weighted by molar-refractivity contribution is 0.102. The second-order valence-corrected chi connectivity index (χ2v) is 6.33. The Morgan fingerprint density at radius 2 is 1.77 bits per heavy atom. The summed E-state index contributed by atoms with van der Waals surface area (Å²) in [5, 5.41) is 6.15. The first-order valence-electron chi connectivity index (χ1n) is 8.52. The number of benzene rings is 2. The van der Waals surface area contributed by atoms with E-state index in [2.05, 4.69) is 51.8 Å². The number of aromatic nitrogens is 2. The lowest BCUT2D eigenvalue weighted by Crippen LogP contribution is -2.15. The number of carbonyl (C=O) groups excluding carboxylic acids is 1. The highest BCUT2D eigenvalue weighted by Crippen LogP contribution is 2.19. The van der Waals surface area contributed by atoms with E-state index in [1.807, 2.05) is 32.0 Å². The summed E-state index contributed by atoms with van der Waals surface area (Å²) in [5.41, 5.74) is 5.67. The molecule has 1 aromatic heterocycles. The number of anilines is 2. The number of carbonyl (C=O) groups is 1. The Morgan fingerprint density at radius 1 is 1.00 bits per heavy atom. The first-order chi connectivity index (χ1) is 12.5. The van der Waals surface area contributed by atoms with Gasteiger partial charge < -0.3 is 10.6 Å². The SMILES string of the molecule is Cc1ccc(CNc2cc(C(=O)Nc3cccc(C)c3C)ncn2)cc1. The third-order valence-electron chi connectivity index (χ3n) is 4.35. The molecular formula is C21H22N4O. The molecule has 0 fully saturated rings. The van der Waals surface area contributed by atoms with Crippen molar-refractivity contribution in [1.82, 2.24) is 9.97 Å². The lowest BCUT2D eigenvalue weighted by atomic mass is 10.1. The van der Waals surface area contributed by atoms with Crippen LogP contribution in [0.4, 0.5) is 11.5 Å². The number of amides is 1. The summed E-state index contributed by atoms with van der Waals surface area (Å²) < 4.78 is 0. The number of nitrogens with zero attached hydrogens (tertiary/aromatic N) is 2. The molecule has 2 aromatic carbocycles. The Balaban J connectivity index is 1.69. The molecule has 0 saturated heterocycles. The Hall–Kier alpha value is -3.21. The summed E-state index contributed by atoms with van der Waals surface area (Å²) in [4.78, 5) is 20.8. The summed E-state index contributed by atoms with van der Waals surface area (Å²) >= 11 is 0. The molecule has 132 valence electrons. The summed E-state index contributed by atoms with van der Waals surface area (Å²) in [6.07, 6.45) is 1.40. The van der Waals surface area contributed by atoms with Crippen LogP contribution in [0.15, 0.2) is 54.9 Å². The molecule has 0 aliphatic carbocycles. The van der Waals surface area contributed by atoms with E-state index in [0.717, 1.165) is 22.4 Å². The minimum atomic E-state index is -0.250. The molecule has 0 saturated carbocycles. The molecule has 3 aromatic rings. The third-order valence-corrected chi connectivity index (χ3v) is 4.35. The van der Waals surface area contributed by atoms with Gasteiger partial charge in [-0.1, -0.05) is 42.0 Å². The summed E-state index contributed by atoms with van der Waals surface area (Å²) in [7, 11) is 0. The van der Waals surface area contributed by atoms with Gasteiger partial charge in [-0.05, 0) is 43.5 Å². The zero-order chi connectivity index (χ0) is 18.5. The smallest absolute Gasteiger partial charge is 0.274 e. The van der Waals surface area contributed by atoms with Gasteiger partial charge in [-0.3, -0.25) is 4.79 Å². The van der Waals surface area contributed by atoms with E-state index in [0.29, 0.717) is 18.1 Å². The van der Waals surface area contributed by atoms with E-state index in [9.17, 15) is 4.79 Å². The second-order valence-electron chi connectivity index (χ2n) is 6.33. The molecule has 26 heavy (non-hydrogen) atoms. The zero-order valence-corrected chi connectivity index (χ0v) is 15.2. The molecule has 5 heteroatoms. The van der Waals surface area contributed by atoms with Crippen molar-refractivity contribution in [2.45, 2.75) is 27.3 Å². The predicted molar refractivity (Wildman–Crippen MR) is 104 cm³/mol. The van der Waals surface area contributed by atoms with Crippen molar-refractivity contribution in [1.29, 1.82) is 0 Å². The lowest BCUT2D eigenvalue weighted by Gasteiger charge is -2.11. The van der Waals surface area contributed by atoms with E-state index in [1.165, 1.54) is 11.9 Å². The quantitative estimate of drug-likeness (QED) is 0.724. The minimum absolute atomic E-state index is 0.250. The molecule has 0 aliphatic rings. The van der Waals surface area contributed by atoms with Crippen LogP contribution >= 0.6 is 0 Å². The van der Waals surface area contributed by atoms with Crippen LogP contribution in [-0.2, 0) is 6.54 Å². The average Bonchev–Trinajstić information content (AvgIpc) is 2.65. The van der Waals surface area contributed by atoms with Crippen LogP contribution in [0.3, 0.4) is 0 Å². The molecule has 0 spiro atoms. The molecular weight excluding hydrogens is 324 g/mol. The highest BCUT2D eigenvalue weighted by molar-refractivity contribution is 6.03. The molecule has 5 nitrogen and oxygen atoms in total. The highest BCUT2D eigenvalue weighted by Gasteiger charge is 2.11. The van der Waals surface area contributed by atoms with Crippen LogP contribution in [0.1, 0.15) is 32.7 Å². The first-order valence-corrected chi connectivity index (χ1v) is 8.52. The van der Waals surface area contributed by atoms with Gasteiger partial charge in [-0.25, -0.2) is 9.97 Å². The van der Waals surface area contributed by atoms with E-state index < -0.39 is 0 Å². The number of aryl methyl sites for hydroxylation is 2. The van der Waals surface area contributed by atoms with Crippen molar-refractivity contribution < 1.29 is 4.79 Å². The van der Waals surface area contributed by atoms with Gasteiger partial charge in [0.05, 0.1) is 0 Å². The molecule has 1 amide bonds. The largest absolute Gasteiger partial charge is 0.366 e. The summed E-state index contributed by atoms with van der Waals surface area (Å²) in [6.45, 7) is 6.69. The maximum absolute atomic E-state index is 12.5. The molecule has 3 rings (SSSR count). The fraction of sp³-hybridized carbons (Fsp3) is 0.190. The molecule has 0 radical (unpaired) electrons. The number of hydrogen-bond acceptors (Lipinski definition) is 4. The molecule has 0 atom stereocenters. The number of nitrogens with one attached hydrogen (secondary N) is 2. The second kappa shape index (κ2) is 7.78. The molecule has 1 heterocycles. The zero-order valence-electron chi connectivity index (χ0n) is 15.2. The van der Waals surface area contributed by atoms with Gasteiger partial charge in [0, 0.05) is 18.3 Å². The maximum Gasteiger partial charge on any atom is 0.274 e. The van der Waals surface area contributed by atoms with Crippen LogP contribution in [0, 0.1) is 20.8 Å². The number of hydrogen-bond donors (Lipinski definition) is 2. The van der Waals surface area contributed by atoms with E-state index >= 15 is 0 Å². The van der Waals surface area contributed by atoms with E-state index in [1.54, 1.807) is 6.07 Å². The first kappa shape index (κ1) is 17.6. The Labute approximate surface area is 153 Å². The van der Waals surface area contributed by atoms with Crippen molar-refractivity contribution in [2.75, 3.05) is 10.6 Å². The van der Waals surface area contributed by atoms with Crippen molar-refractivity contribution in [3.05, 3.63) is 82.8 Å². The predicted octanol–water partition coefficient (Wildman–Crippen LogP) is 4.27. The van der Waals surface area contributed by atoms with Crippen molar-refractivity contribution in [2.24, 2.45) is 0 Å². The normalized spacial score (nSPS) is 10.4. The molecule has 0 aliphatic heterocycles.